The maximum absolute atomic E-state index is 6.28. The van der Waals surface area contributed by atoms with Gasteiger partial charge in [0.1, 0.15) is 0 Å². The zero-order chi connectivity index (χ0) is 14.8. The minimum absolute atomic E-state index is 0.359. The second-order valence-corrected chi connectivity index (χ2v) is 7.06. The van der Waals surface area contributed by atoms with Crippen molar-refractivity contribution < 1.29 is 0 Å². The Kier molecular flexibility index (Phi) is 4.68. The van der Waals surface area contributed by atoms with E-state index in [9.17, 15) is 0 Å². The van der Waals surface area contributed by atoms with Crippen molar-refractivity contribution in [3.63, 3.8) is 0 Å². The van der Waals surface area contributed by atoms with E-state index in [1.807, 2.05) is 12.1 Å². The van der Waals surface area contributed by atoms with Gasteiger partial charge in [0.25, 0.3) is 0 Å². The summed E-state index contributed by atoms with van der Waals surface area (Å²) in [7, 11) is 0. The first-order valence-corrected chi connectivity index (χ1v) is 8.57. The summed E-state index contributed by atoms with van der Waals surface area (Å²) in [6.45, 7) is 2.23. The van der Waals surface area contributed by atoms with Crippen LogP contribution in [0.25, 0.3) is 0 Å². The molecule has 0 radical (unpaired) electrons. The van der Waals surface area contributed by atoms with Crippen LogP contribution in [0.5, 0.6) is 0 Å². The Labute approximate surface area is 139 Å². The zero-order valence-electron chi connectivity index (χ0n) is 12.0. The van der Waals surface area contributed by atoms with Crippen LogP contribution in [0.2, 0.25) is 5.02 Å². The molecular weight excluding hydrogens is 346 g/mol. The maximum Gasteiger partial charge on any atom is 0.0440 e. The summed E-state index contributed by atoms with van der Waals surface area (Å²) in [6, 6.07) is 17.6. The molecule has 3 heteroatoms. The van der Waals surface area contributed by atoms with Crippen LogP contribution in [-0.4, -0.2) is 6.04 Å². The molecule has 3 rings (SSSR count). The van der Waals surface area contributed by atoms with Crippen LogP contribution in [0.3, 0.4) is 0 Å². The first kappa shape index (κ1) is 15.1. The van der Waals surface area contributed by atoms with Gasteiger partial charge < -0.3 is 5.32 Å². The highest BCUT2D eigenvalue weighted by Gasteiger charge is 2.32. The van der Waals surface area contributed by atoms with Gasteiger partial charge in [-0.15, -0.1) is 0 Å². The minimum atomic E-state index is 0.359. The molecular formula is C18H19BrClN. The van der Waals surface area contributed by atoms with E-state index in [1.165, 1.54) is 28.4 Å². The van der Waals surface area contributed by atoms with Crippen molar-refractivity contribution in [2.75, 3.05) is 0 Å². The number of benzene rings is 2. The smallest absolute Gasteiger partial charge is 0.0440 e. The summed E-state index contributed by atoms with van der Waals surface area (Å²) in [4.78, 5) is 0. The van der Waals surface area contributed by atoms with E-state index in [0.717, 1.165) is 5.02 Å². The second-order valence-electron chi connectivity index (χ2n) is 5.80. The fraction of sp³-hybridized carbons (Fsp3) is 0.333. The lowest BCUT2D eigenvalue weighted by molar-refractivity contribution is 0.270. The van der Waals surface area contributed by atoms with Gasteiger partial charge in [0, 0.05) is 21.6 Å². The highest BCUT2D eigenvalue weighted by atomic mass is 79.9. The van der Waals surface area contributed by atoms with Crippen molar-refractivity contribution >= 4 is 27.5 Å². The molecule has 0 heterocycles. The predicted molar refractivity (Wildman–Crippen MR) is 92.9 cm³/mol. The standard InChI is InChI=1S/C18H19BrClN/c1-12(15-6-2-4-8-17(15)19)21-14-10-13(11-14)16-7-3-5-9-18(16)20/h2-9,12-14,21H,10-11H2,1H3/t12-,13?,14?/m1/s1. The van der Waals surface area contributed by atoms with Crippen LogP contribution in [0, 0.1) is 0 Å². The molecule has 1 saturated carbocycles. The van der Waals surface area contributed by atoms with Crippen molar-refractivity contribution in [2.24, 2.45) is 0 Å². The molecule has 0 amide bonds. The van der Waals surface area contributed by atoms with Gasteiger partial charge in [-0.25, -0.2) is 0 Å². The largest absolute Gasteiger partial charge is 0.307 e. The van der Waals surface area contributed by atoms with Crippen LogP contribution < -0.4 is 5.32 Å². The normalized spacial score (nSPS) is 22.6. The molecule has 1 N–H and O–H groups in total. The van der Waals surface area contributed by atoms with Gasteiger partial charge in [-0.2, -0.15) is 0 Å². The molecule has 21 heavy (non-hydrogen) atoms. The summed E-state index contributed by atoms with van der Waals surface area (Å²) in [5.41, 5.74) is 2.62. The summed E-state index contributed by atoms with van der Waals surface area (Å²) in [6.07, 6.45) is 2.33. The van der Waals surface area contributed by atoms with E-state index in [1.54, 1.807) is 0 Å². The molecule has 110 valence electrons. The molecule has 2 aromatic rings. The molecule has 1 nitrogen and oxygen atoms in total. The Balaban J connectivity index is 1.58. The molecule has 0 bridgehead atoms. The summed E-state index contributed by atoms with van der Waals surface area (Å²) in [5.74, 6) is 0.600. The molecule has 0 aromatic heterocycles. The number of hydrogen-bond donors (Lipinski definition) is 1. The number of nitrogens with one attached hydrogen (secondary N) is 1. The lowest BCUT2D eigenvalue weighted by atomic mass is 9.75. The van der Waals surface area contributed by atoms with Gasteiger partial charge in [0.05, 0.1) is 0 Å². The third-order valence-corrected chi connectivity index (χ3v) is 5.41. The Morgan fingerprint density at radius 3 is 2.48 bits per heavy atom. The molecule has 1 atom stereocenters. The molecule has 0 aliphatic heterocycles. The maximum atomic E-state index is 6.28. The van der Waals surface area contributed by atoms with Crippen LogP contribution in [0.15, 0.2) is 53.0 Å². The average Bonchev–Trinajstić information content (AvgIpc) is 2.44. The van der Waals surface area contributed by atoms with Crippen molar-refractivity contribution in [2.45, 2.75) is 37.8 Å². The van der Waals surface area contributed by atoms with Gasteiger partial charge >= 0.3 is 0 Å². The Morgan fingerprint density at radius 2 is 1.76 bits per heavy atom. The zero-order valence-corrected chi connectivity index (χ0v) is 14.4. The van der Waals surface area contributed by atoms with E-state index in [0.29, 0.717) is 18.0 Å². The monoisotopic (exact) mass is 363 g/mol. The SMILES string of the molecule is C[C@@H](NC1CC(c2ccccc2Cl)C1)c1ccccc1Br. The van der Waals surface area contributed by atoms with E-state index in [-0.39, 0.29) is 0 Å². The van der Waals surface area contributed by atoms with Gasteiger partial charge in [0.2, 0.25) is 0 Å². The fourth-order valence-corrected chi connectivity index (χ4v) is 4.00. The lowest BCUT2D eigenvalue weighted by Gasteiger charge is -2.38. The molecule has 1 aliphatic carbocycles. The Hall–Kier alpha value is -0.830. The number of halogens is 2. The summed E-state index contributed by atoms with van der Waals surface area (Å²) in [5, 5.41) is 4.62. The van der Waals surface area contributed by atoms with Crippen LogP contribution in [0.4, 0.5) is 0 Å². The van der Waals surface area contributed by atoms with Crippen LogP contribution >= 0.6 is 27.5 Å². The third-order valence-electron chi connectivity index (χ3n) is 4.34. The molecule has 0 spiro atoms. The first-order chi connectivity index (χ1) is 10.1. The Bertz CT molecular complexity index is 622. The fourth-order valence-electron chi connectivity index (χ4n) is 3.08. The highest BCUT2D eigenvalue weighted by molar-refractivity contribution is 9.10. The van der Waals surface area contributed by atoms with E-state index in [4.69, 9.17) is 11.6 Å². The molecule has 1 aliphatic rings. The quantitative estimate of drug-likeness (QED) is 0.734. The van der Waals surface area contributed by atoms with Crippen molar-refractivity contribution in [1.29, 1.82) is 0 Å². The topological polar surface area (TPSA) is 12.0 Å². The summed E-state index contributed by atoms with van der Waals surface area (Å²) < 4.78 is 1.17. The number of rotatable bonds is 4. The van der Waals surface area contributed by atoms with Gasteiger partial charge in [0.15, 0.2) is 0 Å². The van der Waals surface area contributed by atoms with Crippen molar-refractivity contribution in [3.05, 3.63) is 69.2 Å². The van der Waals surface area contributed by atoms with Gasteiger partial charge in [-0.05, 0) is 48.9 Å². The predicted octanol–water partition coefficient (Wildman–Crippen LogP) is 5.70. The molecule has 0 saturated heterocycles. The first-order valence-electron chi connectivity index (χ1n) is 7.40. The number of hydrogen-bond acceptors (Lipinski definition) is 1. The van der Waals surface area contributed by atoms with Crippen LogP contribution in [-0.2, 0) is 0 Å². The molecule has 1 fully saturated rings. The van der Waals surface area contributed by atoms with Crippen LogP contribution in [0.1, 0.15) is 42.9 Å². The third kappa shape index (κ3) is 3.33. The van der Waals surface area contributed by atoms with Crippen molar-refractivity contribution in [1.82, 2.24) is 5.32 Å². The van der Waals surface area contributed by atoms with Gasteiger partial charge in [-0.1, -0.05) is 63.9 Å². The Morgan fingerprint density at radius 1 is 1.10 bits per heavy atom. The van der Waals surface area contributed by atoms with E-state index < -0.39 is 0 Å². The molecule has 0 unspecified atom stereocenters. The second kappa shape index (κ2) is 6.51. The van der Waals surface area contributed by atoms with Gasteiger partial charge in [-0.3, -0.25) is 0 Å². The minimum Gasteiger partial charge on any atom is -0.307 e. The van der Waals surface area contributed by atoms with E-state index in [2.05, 4.69) is 64.6 Å². The highest BCUT2D eigenvalue weighted by Crippen LogP contribution is 2.40. The van der Waals surface area contributed by atoms with E-state index >= 15 is 0 Å². The molecule has 2 aromatic carbocycles. The summed E-state index contributed by atoms with van der Waals surface area (Å²) >= 11 is 9.90. The lowest BCUT2D eigenvalue weighted by Crippen LogP contribution is -2.41. The average molecular weight is 365 g/mol. The van der Waals surface area contributed by atoms with Crippen molar-refractivity contribution in [3.8, 4) is 0 Å².